The summed E-state index contributed by atoms with van der Waals surface area (Å²) in [5.41, 5.74) is 8.59. The van der Waals surface area contributed by atoms with Crippen molar-refractivity contribution in [3.63, 3.8) is 0 Å². The molecule has 0 aliphatic heterocycles. The molecule has 0 radical (unpaired) electrons. The van der Waals surface area contributed by atoms with Crippen molar-refractivity contribution < 1.29 is 10.5 Å². The first kappa shape index (κ1) is 8.43. The van der Waals surface area contributed by atoms with E-state index in [1.807, 2.05) is 13.8 Å². The summed E-state index contributed by atoms with van der Waals surface area (Å²) in [5.74, 6) is 0.198. The summed E-state index contributed by atoms with van der Waals surface area (Å²) in [6, 6.07) is -0.218. The third-order valence-electron chi connectivity index (χ3n) is 1.16. The van der Waals surface area contributed by atoms with Crippen molar-refractivity contribution in [2.45, 2.75) is 26.3 Å². The number of carbonyl (C=O) groups is 1. The molecular weight excluding hydrogens is 116 g/mol. The first-order chi connectivity index (χ1) is 4.04. The zero-order chi connectivity index (χ0) is 7.44. The SMILES string of the molecule is CC(C)C[C@@H]([NH3+])C(N)=O. The van der Waals surface area contributed by atoms with Gasteiger partial charge in [0, 0.05) is 6.42 Å². The summed E-state index contributed by atoms with van der Waals surface area (Å²) >= 11 is 0. The van der Waals surface area contributed by atoms with Crippen molar-refractivity contribution in [2.75, 3.05) is 0 Å². The zero-order valence-electron chi connectivity index (χ0n) is 6.05. The normalized spacial score (nSPS) is 13.8. The second kappa shape index (κ2) is 3.45. The molecule has 3 heteroatoms. The number of nitrogens with two attached hydrogens (primary N) is 1. The predicted molar refractivity (Wildman–Crippen MR) is 35.3 cm³/mol. The fraction of sp³-hybridized carbons (Fsp3) is 0.833. The van der Waals surface area contributed by atoms with Gasteiger partial charge in [-0.15, -0.1) is 0 Å². The number of hydrogen-bond donors (Lipinski definition) is 2. The maximum atomic E-state index is 10.4. The maximum absolute atomic E-state index is 10.4. The Kier molecular flexibility index (Phi) is 3.24. The lowest BCUT2D eigenvalue weighted by Gasteiger charge is -2.05. The van der Waals surface area contributed by atoms with Crippen LogP contribution in [0.2, 0.25) is 0 Å². The van der Waals surface area contributed by atoms with Crippen molar-refractivity contribution in [2.24, 2.45) is 11.7 Å². The average molecular weight is 131 g/mol. The van der Waals surface area contributed by atoms with E-state index in [9.17, 15) is 4.79 Å². The van der Waals surface area contributed by atoms with Crippen molar-refractivity contribution in [3.8, 4) is 0 Å². The summed E-state index contributed by atoms with van der Waals surface area (Å²) in [5, 5.41) is 0. The molecule has 1 atom stereocenters. The minimum absolute atomic E-state index is 0.218. The van der Waals surface area contributed by atoms with Gasteiger partial charge in [0.2, 0.25) is 0 Å². The largest absolute Gasteiger partial charge is 0.365 e. The van der Waals surface area contributed by atoms with Crippen LogP contribution in [0.1, 0.15) is 20.3 Å². The Morgan fingerprint density at radius 3 is 2.22 bits per heavy atom. The van der Waals surface area contributed by atoms with Crippen LogP contribution in [0.4, 0.5) is 0 Å². The molecule has 1 amide bonds. The molecule has 0 rings (SSSR count). The van der Waals surface area contributed by atoms with Gasteiger partial charge in [0.1, 0.15) is 0 Å². The third-order valence-corrected chi connectivity index (χ3v) is 1.16. The quantitative estimate of drug-likeness (QED) is 0.513. The standard InChI is InChI=1S/C6H14N2O/c1-4(2)3-5(7)6(8)9/h4-5H,3,7H2,1-2H3,(H2,8,9)/p+1/t5-/m1/s1. The molecule has 0 aromatic heterocycles. The van der Waals surface area contributed by atoms with Gasteiger partial charge in [-0.25, -0.2) is 0 Å². The smallest absolute Gasteiger partial charge is 0.275 e. The van der Waals surface area contributed by atoms with Gasteiger partial charge in [0.15, 0.2) is 6.04 Å². The molecule has 0 saturated carbocycles. The Bertz CT molecular complexity index is 101. The van der Waals surface area contributed by atoms with Crippen LogP contribution >= 0.6 is 0 Å². The third kappa shape index (κ3) is 3.97. The van der Waals surface area contributed by atoms with Gasteiger partial charge < -0.3 is 11.5 Å². The van der Waals surface area contributed by atoms with E-state index in [1.54, 1.807) is 0 Å². The van der Waals surface area contributed by atoms with Gasteiger partial charge >= 0.3 is 0 Å². The van der Waals surface area contributed by atoms with E-state index in [0.717, 1.165) is 6.42 Å². The fourth-order valence-electron chi connectivity index (χ4n) is 0.685. The molecular formula is C6H15N2O+. The summed E-state index contributed by atoms with van der Waals surface area (Å²) in [4.78, 5) is 10.4. The number of primary amides is 1. The van der Waals surface area contributed by atoms with Crippen LogP contribution in [-0.4, -0.2) is 11.9 Å². The Hall–Kier alpha value is -0.570. The highest BCUT2D eigenvalue weighted by Gasteiger charge is 2.13. The molecule has 0 unspecified atom stereocenters. The summed E-state index contributed by atoms with van der Waals surface area (Å²) < 4.78 is 0. The maximum Gasteiger partial charge on any atom is 0.275 e. The van der Waals surface area contributed by atoms with E-state index in [-0.39, 0.29) is 11.9 Å². The average Bonchev–Trinajstić information content (AvgIpc) is 1.63. The van der Waals surface area contributed by atoms with Crippen LogP contribution in [0.25, 0.3) is 0 Å². The minimum atomic E-state index is -0.302. The number of quaternary nitrogens is 1. The Morgan fingerprint density at radius 2 is 2.11 bits per heavy atom. The van der Waals surface area contributed by atoms with Gasteiger partial charge in [0.25, 0.3) is 5.91 Å². The summed E-state index contributed by atoms with van der Waals surface area (Å²) in [6.45, 7) is 4.09. The molecule has 3 nitrogen and oxygen atoms in total. The van der Waals surface area contributed by atoms with Gasteiger partial charge in [0.05, 0.1) is 0 Å². The molecule has 5 N–H and O–H groups in total. The van der Waals surface area contributed by atoms with Crippen LogP contribution in [0, 0.1) is 5.92 Å². The Morgan fingerprint density at radius 1 is 1.67 bits per heavy atom. The first-order valence-electron chi connectivity index (χ1n) is 3.16. The fourth-order valence-corrected chi connectivity index (χ4v) is 0.685. The molecule has 9 heavy (non-hydrogen) atoms. The second-order valence-corrected chi connectivity index (χ2v) is 2.73. The van der Waals surface area contributed by atoms with E-state index in [4.69, 9.17) is 5.73 Å². The Balaban J connectivity index is 3.50. The molecule has 0 aliphatic carbocycles. The molecule has 54 valence electrons. The molecule has 0 aromatic rings. The second-order valence-electron chi connectivity index (χ2n) is 2.73. The van der Waals surface area contributed by atoms with Crippen LogP contribution in [-0.2, 0) is 4.79 Å². The first-order valence-corrected chi connectivity index (χ1v) is 3.16. The number of amides is 1. The minimum Gasteiger partial charge on any atom is -0.365 e. The molecule has 0 bridgehead atoms. The van der Waals surface area contributed by atoms with Crippen molar-refractivity contribution in [3.05, 3.63) is 0 Å². The molecule has 0 spiro atoms. The highest BCUT2D eigenvalue weighted by molar-refractivity contribution is 5.78. The lowest BCUT2D eigenvalue weighted by molar-refractivity contribution is -0.406. The van der Waals surface area contributed by atoms with Crippen LogP contribution < -0.4 is 11.5 Å². The van der Waals surface area contributed by atoms with E-state index in [2.05, 4.69) is 5.73 Å². The van der Waals surface area contributed by atoms with Gasteiger partial charge in [-0.1, -0.05) is 13.8 Å². The predicted octanol–water partition coefficient (Wildman–Crippen LogP) is -0.872. The number of carbonyl (C=O) groups excluding carboxylic acids is 1. The van der Waals surface area contributed by atoms with Gasteiger partial charge in [-0.2, -0.15) is 0 Å². The van der Waals surface area contributed by atoms with Crippen molar-refractivity contribution in [1.29, 1.82) is 0 Å². The van der Waals surface area contributed by atoms with E-state index in [1.165, 1.54) is 0 Å². The topological polar surface area (TPSA) is 70.7 Å². The van der Waals surface area contributed by atoms with Crippen molar-refractivity contribution in [1.82, 2.24) is 0 Å². The van der Waals surface area contributed by atoms with E-state index < -0.39 is 0 Å². The van der Waals surface area contributed by atoms with Gasteiger partial charge in [-0.05, 0) is 5.92 Å². The van der Waals surface area contributed by atoms with E-state index >= 15 is 0 Å². The molecule has 0 saturated heterocycles. The number of rotatable bonds is 3. The zero-order valence-corrected chi connectivity index (χ0v) is 6.05. The van der Waals surface area contributed by atoms with Crippen molar-refractivity contribution >= 4 is 5.91 Å². The summed E-state index contributed by atoms with van der Waals surface area (Å²) in [6.07, 6.45) is 0.787. The lowest BCUT2D eigenvalue weighted by Crippen LogP contribution is -2.67. The highest BCUT2D eigenvalue weighted by Crippen LogP contribution is 1.99. The van der Waals surface area contributed by atoms with Gasteiger partial charge in [-0.3, -0.25) is 4.79 Å². The lowest BCUT2D eigenvalue weighted by atomic mass is 10.0. The summed E-state index contributed by atoms with van der Waals surface area (Å²) in [7, 11) is 0. The van der Waals surface area contributed by atoms with Crippen LogP contribution in [0.5, 0.6) is 0 Å². The van der Waals surface area contributed by atoms with Crippen LogP contribution in [0.15, 0.2) is 0 Å². The van der Waals surface area contributed by atoms with E-state index in [0.29, 0.717) is 5.92 Å². The highest BCUT2D eigenvalue weighted by atomic mass is 16.1. The number of hydrogen-bond acceptors (Lipinski definition) is 1. The molecule has 0 aliphatic rings. The molecule has 0 fully saturated rings. The Labute approximate surface area is 55.4 Å². The molecule has 0 heterocycles. The monoisotopic (exact) mass is 131 g/mol. The molecule has 0 aromatic carbocycles. The van der Waals surface area contributed by atoms with Crippen LogP contribution in [0.3, 0.4) is 0 Å².